The van der Waals surface area contributed by atoms with Gasteiger partial charge in [-0.15, -0.1) is 0 Å². The van der Waals surface area contributed by atoms with E-state index < -0.39 is 23.8 Å². The largest absolute Gasteiger partial charge is 0.478 e. The minimum absolute atomic E-state index is 0.101. The summed E-state index contributed by atoms with van der Waals surface area (Å²) in [7, 11) is 0. The summed E-state index contributed by atoms with van der Waals surface area (Å²) < 4.78 is 4.81. The molecule has 28 heavy (non-hydrogen) atoms. The number of nitrogens with zero attached hydrogens (tertiary/aromatic N) is 1. The molecule has 0 saturated carbocycles. The molecular formula is C20H17NO7. The third-order valence-electron chi connectivity index (χ3n) is 3.62. The van der Waals surface area contributed by atoms with Crippen molar-refractivity contribution in [2.75, 3.05) is 11.5 Å². The highest BCUT2D eigenvalue weighted by Gasteiger charge is 2.29. The highest BCUT2D eigenvalue weighted by molar-refractivity contribution is 6.39. The molecule has 1 amide bonds. The number of aliphatic carboxylic acids is 1. The molecule has 0 spiro atoms. The fraction of sp³-hybridized carbons (Fsp3) is 0.100. The maximum Gasteiger partial charge on any atom is 0.395 e. The van der Waals surface area contributed by atoms with Crippen LogP contribution in [0.5, 0.6) is 0 Å². The van der Waals surface area contributed by atoms with Crippen LogP contribution in [0.3, 0.4) is 0 Å². The maximum absolute atomic E-state index is 12.4. The summed E-state index contributed by atoms with van der Waals surface area (Å²) in [6.07, 6.45) is 2.49. The SMILES string of the molecule is CCOC(=O)C=Cc1ccccc1N(C(=O)C(=O)O)c1ccccc1C(=O)O. The average Bonchev–Trinajstić information content (AvgIpc) is 2.67. The molecule has 0 aliphatic rings. The lowest BCUT2D eigenvalue weighted by molar-refractivity contribution is -0.148. The van der Waals surface area contributed by atoms with Crippen LogP contribution >= 0.6 is 0 Å². The summed E-state index contributed by atoms with van der Waals surface area (Å²) in [5.41, 5.74) is 0.0650. The molecular weight excluding hydrogens is 366 g/mol. The van der Waals surface area contributed by atoms with Crippen LogP contribution in [0.4, 0.5) is 11.4 Å². The van der Waals surface area contributed by atoms with Gasteiger partial charge in [0.15, 0.2) is 0 Å². The van der Waals surface area contributed by atoms with E-state index in [0.717, 1.165) is 11.0 Å². The Bertz CT molecular complexity index is 949. The molecule has 0 bridgehead atoms. The molecule has 0 aromatic heterocycles. The number of carbonyl (C=O) groups excluding carboxylic acids is 2. The standard InChI is InChI=1S/C20H17NO7/c1-2-28-17(22)12-11-13-7-3-5-9-15(13)21(18(23)20(26)27)16-10-6-4-8-14(16)19(24)25/h3-12H,2H2,1H3,(H,24,25)(H,26,27). The van der Waals surface area contributed by atoms with Crippen molar-refractivity contribution < 1.29 is 34.1 Å². The van der Waals surface area contributed by atoms with Gasteiger partial charge in [0.25, 0.3) is 0 Å². The normalized spacial score (nSPS) is 10.5. The van der Waals surface area contributed by atoms with E-state index in [2.05, 4.69) is 0 Å². The molecule has 8 nitrogen and oxygen atoms in total. The summed E-state index contributed by atoms with van der Waals surface area (Å²) in [5.74, 6) is -5.03. The van der Waals surface area contributed by atoms with E-state index in [-0.39, 0.29) is 23.5 Å². The topological polar surface area (TPSA) is 121 Å². The third-order valence-corrected chi connectivity index (χ3v) is 3.62. The summed E-state index contributed by atoms with van der Waals surface area (Å²) in [4.78, 5) is 47.8. The second-order valence-electron chi connectivity index (χ2n) is 5.41. The van der Waals surface area contributed by atoms with Gasteiger partial charge < -0.3 is 14.9 Å². The first-order chi connectivity index (χ1) is 13.4. The Hall–Kier alpha value is -3.94. The smallest absolute Gasteiger partial charge is 0.395 e. The average molecular weight is 383 g/mol. The van der Waals surface area contributed by atoms with Crippen molar-refractivity contribution in [3.8, 4) is 0 Å². The number of rotatable bonds is 6. The highest BCUT2D eigenvalue weighted by atomic mass is 16.5. The number of esters is 1. The predicted octanol–water partition coefficient (Wildman–Crippen LogP) is 2.71. The van der Waals surface area contributed by atoms with Gasteiger partial charge in [0, 0.05) is 6.08 Å². The zero-order valence-electron chi connectivity index (χ0n) is 14.9. The molecule has 2 aromatic rings. The quantitative estimate of drug-likeness (QED) is 0.447. The molecule has 2 aromatic carbocycles. The van der Waals surface area contributed by atoms with Crippen molar-refractivity contribution in [3.05, 3.63) is 65.7 Å². The Morgan fingerprint density at radius 1 is 0.964 bits per heavy atom. The molecule has 0 radical (unpaired) electrons. The van der Waals surface area contributed by atoms with Crippen molar-refractivity contribution in [2.45, 2.75) is 6.92 Å². The van der Waals surface area contributed by atoms with Gasteiger partial charge >= 0.3 is 23.8 Å². The van der Waals surface area contributed by atoms with Crippen LogP contribution in [0.25, 0.3) is 6.08 Å². The van der Waals surface area contributed by atoms with Crippen LogP contribution in [0, 0.1) is 0 Å². The fourth-order valence-electron chi connectivity index (χ4n) is 2.47. The van der Waals surface area contributed by atoms with E-state index in [1.165, 1.54) is 36.4 Å². The number of aromatic carboxylic acids is 1. The first-order valence-electron chi connectivity index (χ1n) is 8.20. The lowest BCUT2D eigenvalue weighted by atomic mass is 10.1. The lowest BCUT2D eigenvalue weighted by Crippen LogP contribution is -2.34. The number of hydrogen-bond donors (Lipinski definition) is 2. The number of carbonyl (C=O) groups is 4. The molecule has 0 aliphatic carbocycles. The number of ether oxygens (including phenoxy) is 1. The van der Waals surface area contributed by atoms with Gasteiger partial charge in [0.05, 0.1) is 23.5 Å². The molecule has 0 aliphatic heterocycles. The summed E-state index contributed by atoms with van der Waals surface area (Å²) in [6.45, 7) is 1.83. The number of carboxylic acids is 2. The molecule has 8 heteroatoms. The third kappa shape index (κ3) is 4.61. The Kier molecular flexibility index (Phi) is 6.64. The van der Waals surface area contributed by atoms with Gasteiger partial charge in [-0.2, -0.15) is 0 Å². The van der Waals surface area contributed by atoms with Crippen molar-refractivity contribution in [1.29, 1.82) is 0 Å². The molecule has 0 fully saturated rings. The van der Waals surface area contributed by atoms with Gasteiger partial charge in [0.2, 0.25) is 0 Å². The van der Waals surface area contributed by atoms with E-state index in [1.807, 2.05) is 0 Å². The van der Waals surface area contributed by atoms with Gasteiger partial charge in [-0.25, -0.2) is 14.4 Å². The zero-order chi connectivity index (χ0) is 20.7. The predicted molar refractivity (Wildman–Crippen MR) is 100 cm³/mol. The van der Waals surface area contributed by atoms with Gasteiger partial charge in [-0.1, -0.05) is 30.3 Å². The van der Waals surface area contributed by atoms with Crippen LogP contribution in [-0.2, 0) is 19.1 Å². The summed E-state index contributed by atoms with van der Waals surface area (Å²) in [6, 6.07) is 11.7. The van der Waals surface area contributed by atoms with Crippen LogP contribution < -0.4 is 4.90 Å². The molecule has 2 N–H and O–H groups in total. The van der Waals surface area contributed by atoms with Crippen molar-refractivity contribution in [3.63, 3.8) is 0 Å². The molecule has 0 saturated heterocycles. The minimum Gasteiger partial charge on any atom is -0.478 e. The number of anilines is 2. The Morgan fingerprint density at radius 3 is 2.18 bits per heavy atom. The van der Waals surface area contributed by atoms with Crippen LogP contribution in [0.15, 0.2) is 54.6 Å². The number of amides is 1. The zero-order valence-corrected chi connectivity index (χ0v) is 14.9. The number of carboxylic acid groups (broad SMARTS) is 2. The number of para-hydroxylation sites is 2. The molecule has 144 valence electrons. The fourth-order valence-corrected chi connectivity index (χ4v) is 2.47. The Morgan fingerprint density at radius 2 is 1.57 bits per heavy atom. The van der Waals surface area contributed by atoms with Gasteiger partial charge in [0.1, 0.15) is 0 Å². The van der Waals surface area contributed by atoms with Gasteiger partial charge in [-0.3, -0.25) is 9.69 Å². The van der Waals surface area contributed by atoms with E-state index in [0.29, 0.717) is 5.56 Å². The second kappa shape index (κ2) is 9.13. The lowest BCUT2D eigenvalue weighted by Gasteiger charge is -2.24. The van der Waals surface area contributed by atoms with Crippen molar-refractivity contribution in [1.82, 2.24) is 0 Å². The first kappa shape index (κ1) is 20.4. The molecule has 0 atom stereocenters. The second-order valence-corrected chi connectivity index (χ2v) is 5.41. The van der Waals surface area contributed by atoms with E-state index in [1.54, 1.807) is 25.1 Å². The molecule has 0 heterocycles. The number of benzene rings is 2. The monoisotopic (exact) mass is 383 g/mol. The summed E-state index contributed by atoms with van der Waals surface area (Å²) >= 11 is 0. The minimum atomic E-state index is -1.76. The van der Waals surface area contributed by atoms with E-state index >= 15 is 0 Å². The van der Waals surface area contributed by atoms with Crippen molar-refractivity contribution in [2.24, 2.45) is 0 Å². The van der Waals surface area contributed by atoms with E-state index in [9.17, 15) is 29.4 Å². The van der Waals surface area contributed by atoms with Gasteiger partial charge in [-0.05, 0) is 36.8 Å². The van der Waals surface area contributed by atoms with E-state index in [4.69, 9.17) is 4.74 Å². The maximum atomic E-state index is 12.4. The highest BCUT2D eigenvalue weighted by Crippen LogP contribution is 2.32. The Balaban J connectivity index is 2.65. The van der Waals surface area contributed by atoms with Crippen LogP contribution in [0.1, 0.15) is 22.8 Å². The van der Waals surface area contributed by atoms with Crippen molar-refractivity contribution >= 4 is 41.3 Å². The summed E-state index contributed by atoms with van der Waals surface area (Å²) in [5, 5.41) is 18.7. The molecule has 2 rings (SSSR count). The van der Waals surface area contributed by atoms with Crippen LogP contribution in [0.2, 0.25) is 0 Å². The van der Waals surface area contributed by atoms with Crippen LogP contribution in [-0.4, -0.2) is 40.6 Å². The molecule has 0 unspecified atom stereocenters. The first-order valence-corrected chi connectivity index (χ1v) is 8.20. The Labute approximate surface area is 160 Å². The number of hydrogen-bond acceptors (Lipinski definition) is 5.